The monoisotopic (exact) mass is 266 g/mol. The third-order valence-electron chi connectivity index (χ3n) is 2.77. The Labute approximate surface area is 106 Å². The largest absolute Gasteiger partial charge is 0.315 e. The molecule has 2 heterocycles. The van der Waals surface area contributed by atoms with Gasteiger partial charge in [-0.05, 0) is 31.0 Å². The Kier molecular flexibility index (Phi) is 5.36. The van der Waals surface area contributed by atoms with E-state index in [1.54, 1.807) is 11.3 Å². The number of nitrogens with one attached hydrogen (secondary N) is 1. The molecule has 5 heteroatoms. The summed E-state index contributed by atoms with van der Waals surface area (Å²) >= 11 is 7.74. The molecule has 1 saturated heterocycles. The van der Waals surface area contributed by atoms with Crippen LogP contribution in [-0.2, 0) is 6.54 Å². The van der Waals surface area contributed by atoms with Gasteiger partial charge in [0, 0.05) is 24.5 Å². The lowest BCUT2D eigenvalue weighted by molar-refractivity contribution is 0.249. The highest BCUT2D eigenvalue weighted by Gasteiger charge is 2.19. The first-order valence-electron chi connectivity index (χ1n) is 4.89. The average Bonchev–Trinajstić information content (AvgIpc) is 2.77. The number of hydrogen-bond donors (Lipinski definition) is 1. The molecule has 1 N–H and O–H groups in total. The van der Waals surface area contributed by atoms with Crippen LogP contribution in [-0.4, -0.2) is 31.1 Å². The molecular weight excluding hydrogens is 251 g/mol. The molecule has 2 rings (SSSR count). The van der Waals surface area contributed by atoms with Crippen molar-refractivity contribution in [3.8, 4) is 0 Å². The zero-order valence-corrected chi connectivity index (χ0v) is 11.1. The van der Waals surface area contributed by atoms with E-state index in [0.29, 0.717) is 6.04 Å². The van der Waals surface area contributed by atoms with Crippen molar-refractivity contribution < 1.29 is 0 Å². The van der Waals surface area contributed by atoms with Crippen LogP contribution in [0.1, 0.15) is 12.0 Å². The summed E-state index contributed by atoms with van der Waals surface area (Å²) in [6.07, 6.45) is 1.25. The Morgan fingerprint density at radius 2 is 2.40 bits per heavy atom. The molecule has 0 amide bonds. The Morgan fingerprint density at radius 1 is 1.60 bits per heavy atom. The molecule has 1 aliphatic rings. The van der Waals surface area contributed by atoms with Gasteiger partial charge in [0.1, 0.15) is 0 Å². The number of rotatable bonds is 3. The van der Waals surface area contributed by atoms with Gasteiger partial charge in [-0.1, -0.05) is 11.6 Å². The van der Waals surface area contributed by atoms with Crippen LogP contribution in [0.15, 0.2) is 10.8 Å². The minimum absolute atomic E-state index is 0. The van der Waals surface area contributed by atoms with Gasteiger partial charge in [0.25, 0.3) is 0 Å². The van der Waals surface area contributed by atoms with Crippen LogP contribution in [0.2, 0.25) is 5.02 Å². The van der Waals surface area contributed by atoms with Crippen molar-refractivity contribution in [2.24, 2.45) is 0 Å². The fraction of sp³-hybridized carbons (Fsp3) is 0.600. The van der Waals surface area contributed by atoms with E-state index in [1.807, 2.05) is 5.38 Å². The molecule has 1 atom stereocenters. The van der Waals surface area contributed by atoms with Crippen LogP contribution >= 0.6 is 35.3 Å². The molecule has 1 fully saturated rings. The van der Waals surface area contributed by atoms with E-state index in [4.69, 9.17) is 11.6 Å². The van der Waals surface area contributed by atoms with E-state index in [1.165, 1.54) is 12.0 Å². The minimum Gasteiger partial charge on any atom is -0.315 e. The molecule has 1 unspecified atom stereocenters. The van der Waals surface area contributed by atoms with Crippen molar-refractivity contribution in [2.75, 3.05) is 20.1 Å². The van der Waals surface area contributed by atoms with E-state index in [0.717, 1.165) is 24.7 Å². The van der Waals surface area contributed by atoms with Crippen molar-refractivity contribution in [2.45, 2.75) is 19.0 Å². The van der Waals surface area contributed by atoms with E-state index >= 15 is 0 Å². The molecule has 0 saturated carbocycles. The summed E-state index contributed by atoms with van der Waals surface area (Å²) in [7, 11) is 2.17. The highest BCUT2D eigenvalue weighted by Crippen LogP contribution is 2.22. The summed E-state index contributed by atoms with van der Waals surface area (Å²) < 4.78 is 0. The van der Waals surface area contributed by atoms with Crippen LogP contribution in [0.4, 0.5) is 0 Å². The van der Waals surface area contributed by atoms with Crippen LogP contribution in [0, 0.1) is 0 Å². The van der Waals surface area contributed by atoms with Crippen molar-refractivity contribution in [1.82, 2.24) is 10.2 Å². The van der Waals surface area contributed by atoms with E-state index in [9.17, 15) is 0 Å². The van der Waals surface area contributed by atoms with Crippen LogP contribution < -0.4 is 5.32 Å². The van der Waals surface area contributed by atoms with Gasteiger partial charge in [0.05, 0.1) is 5.02 Å². The van der Waals surface area contributed by atoms with Crippen LogP contribution in [0.25, 0.3) is 0 Å². The number of halogens is 2. The third-order valence-corrected chi connectivity index (χ3v) is 4.04. The zero-order valence-electron chi connectivity index (χ0n) is 8.70. The maximum absolute atomic E-state index is 6.06. The number of thiophene rings is 1. The summed E-state index contributed by atoms with van der Waals surface area (Å²) in [5.74, 6) is 0. The zero-order chi connectivity index (χ0) is 9.97. The first-order valence-corrected chi connectivity index (χ1v) is 6.21. The molecule has 0 spiro atoms. The highest BCUT2D eigenvalue weighted by molar-refractivity contribution is 7.08. The Morgan fingerprint density at radius 3 is 2.93 bits per heavy atom. The molecule has 1 aliphatic heterocycles. The molecule has 15 heavy (non-hydrogen) atoms. The smallest absolute Gasteiger partial charge is 0.0557 e. The normalized spacial score (nSPS) is 20.6. The van der Waals surface area contributed by atoms with Gasteiger partial charge in [-0.3, -0.25) is 4.90 Å². The predicted molar refractivity (Wildman–Crippen MR) is 69.3 cm³/mol. The van der Waals surface area contributed by atoms with Gasteiger partial charge in [0.2, 0.25) is 0 Å². The fourth-order valence-corrected chi connectivity index (χ4v) is 2.87. The highest BCUT2D eigenvalue weighted by atomic mass is 35.5. The Balaban J connectivity index is 0.00000112. The Hall–Kier alpha value is 0.200. The van der Waals surface area contributed by atoms with Gasteiger partial charge < -0.3 is 5.32 Å². The predicted octanol–water partition coefficient (Wildman–Crippen LogP) is 2.62. The average molecular weight is 267 g/mol. The lowest BCUT2D eigenvalue weighted by Crippen LogP contribution is -2.32. The molecular formula is C10H16Cl2N2S. The first-order chi connectivity index (χ1) is 6.77. The molecule has 0 aromatic carbocycles. The maximum atomic E-state index is 6.06. The molecule has 2 nitrogen and oxygen atoms in total. The molecule has 0 radical (unpaired) electrons. The standard InChI is InChI=1S/C10H15ClN2S.ClH/c1-13(9-2-3-12-4-9)5-8-6-14-7-10(8)11;/h6-7,9,12H,2-5H2,1H3;1H. The van der Waals surface area contributed by atoms with Gasteiger partial charge >= 0.3 is 0 Å². The van der Waals surface area contributed by atoms with Crippen molar-refractivity contribution in [3.05, 3.63) is 21.3 Å². The van der Waals surface area contributed by atoms with Crippen LogP contribution in [0.5, 0.6) is 0 Å². The molecule has 1 aromatic heterocycles. The first kappa shape index (κ1) is 13.3. The lowest BCUT2D eigenvalue weighted by atomic mass is 10.2. The van der Waals surface area contributed by atoms with Crippen LogP contribution in [0.3, 0.4) is 0 Å². The molecule has 0 aliphatic carbocycles. The summed E-state index contributed by atoms with van der Waals surface area (Å²) in [6, 6.07) is 0.672. The molecule has 1 aromatic rings. The SMILES string of the molecule is CN(Cc1cscc1Cl)C1CCNC1.Cl. The van der Waals surface area contributed by atoms with E-state index < -0.39 is 0 Å². The summed E-state index contributed by atoms with van der Waals surface area (Å²) in [5.41, 5.74) is 1.26. The van der Waals surface area contributed by atoms with Gasteiger partial charge in [0.15, 0.2) is 0 Å². The second-order valence-corrected chi connectivity index (χ2v) is 4.96. The van der Waals surface area contributed by atoms with Crippen molar-refractivity contribution >= 4 is 35.3 Å². The Bertz CT molecular complexity index is 297. The second kappa shape index (κ2) is 6.06. The topological polar surface area (TPSA) is 15.3 Å². The summed E-state index contributed by atoms with van der Waals surface area (Å²) in [5, 5.41) is 8.42. The van der Waals surface area contributed by atoms with Gasteiger partial charge in [-0.25, -0.2) is 0 Å². The summed E-state index contributed by atoms with van der Waals surface area (Å²) in [4.78, 5) is 2.38. The van der Waals surface area contributed by atoms with Gasteiger partial charge in [-0.15, -0.1) is 12.4 Å². The second-order valence-electron chi connectivity index (χ2n) is 3.81. The summed E-state index contributed by atoms with van der Waals surface area (Å²) in [6.45, 7) is 3.22. The van der Waals surface area contributed by atoms with Crippen molar-refractivity contribution in [1.29, 1.82) is 0 Å². The van der Waals surface area contributed by atoms with Gasteiger partial charge in [-0.2, -0.15) is 11.3 Å². The number of likely N-dealkylation sites (N-methyl/N-ethyl adjacent to an activating group) is 1. The lowest BCUT2D eigenvalue weighted by Gasteiger charge is -2.22. The number of hydrogen-bond acceptors (Lipinski definition) is 3. The molecule has 86 valence electrons. The fourth-order valence-electron chi connectivity index (χ4n) is 1.83. The maximum Gasteiger partial charge on any atom is 0.0557 e. The van der Waals surface area contributed by atoms with E-state index in [2.05, 4.69) is 22.6 Å². The quantitative estimate of drug-likeness (QED) is 0.905. The van der Waals surface area contributed by atoms with Crippen molar-refractivity contribution in [3.63, 3.8) is 0 Å². The van der Waals surface area contributed by atoms with E-state index in [-0.39, 0.29) is 12.4 Å². The minimum atomic E-state index is 0. The third kappa shape index (κ3) is 3.33. The number of nitrogens with zero attached hydrogens (tertiary/aromatic N) is 1. The molecule has 0 bridgehead atoms.